The van der Waals surface area contributed by atoms with Crippen LogP contribution < -0.4 is 0 Å². The average molecular weight is 615 g/mol. The highest BCUT2D eigenvalue weighted by atomic mass is 16.4. The third kappa shape index (κ3) is 3.56. The molecule has 7 aromatic carbocycles. The van der Waals surface area contributed by atoms with Crippen molar-refractivity contribution in [3.63, 3.8) is 0 Å². The predicted octanol–water partition coefficient (Wildman–Crippen LogP) is 11.7. The van der Waals surface area contributed by atoms with Gasteiger partial charge in [-0.1, -0.05) is 115 Å². The van der Waals surface area contributed by atoms with Gasteiger partial charge in [-0.05, 0) is 82.1 Å². The summed E-state index contributed by atoms with van der Waals surface area (Å²) in [5.41, 5.74) is 11.1. The van der Waals surface area contributed by atoms with Crippen LogP contribution in [0.15, 0.2) is 144 Å². The summed E-state index contributed by atoms with van der Waals surface area (Å²) in [5.74, 6) is 2.08. The van der Waals surface area contributed by atoms with E-state index in [0.29, 0.717) is 11.8 Å². The molecule has 0 saturated heterocycles. The predicted molar refractivity (Wildman–Crippen MR) is 197 cm³/mol. The molecular formula is C45H30N2O. The van der Waals surface area contributed by atoms with Gasteiger partial charge in [0.1, 0.15) is 5.69 Å². The lowest BCUT2D eigenvalue weighted by molar-refractivity contribution is 0.575. The molecular weight excluding hydrogens is 585 g/mol. The van der Waals surface area contributed by atoms with Crippen LogP contribution in [0.3, 0.4) is 0 Å². The minimum absolute atomic E-state index is 0.543. The Hall–Kier alpha value is -5.93. The smallest absolute Gasteiger partial charge is 0.228 e. The second kappa shape index (κ2) is 9.79. The number of rotatable bonds is 3. The average Bonchev–Trinajstić information content (AvgIpc) is 3.82. The van der Waals surface area contributed by atoms with E-state index in [1.54, 1.807) is 0 Å². The highest BCUT2D eigenvalue weighted by Crippen LogP contribution is 2.51. The fourth-order valence-electron chi connectivity index (χ4n) is 8.80. The minimum Gasteiger partial charge on any atom is -0.435 e. The fourth-order valence-corrected chi connectivity index (χ4v) is 8.80. The molecule has 0 radical (unpaired) electrons. The van der Waals surface area contributed by atoms with E-state index in [-0.39, 0.29) is 0 Å². The topological polar surface area (TPSA) is 31.0 Å². The molecule has 48 heavy (non-hydrogen) atoms. The second-order valence-electron chi connectivity index (χ2n) is 13.4. The lowest BCUT2D eigenvalue weighted by Gasteiger charge is -2.25. The molecule has 1 unspecified atom stereocenters. The third-order valence-corrected chi connectivity index (χ3v) is 10.9. The maximum absolute atomic E-state index is 6.77. The summed E-state index contributed by atoms with van der Waals surface area (Å²) in [6.07, 6.45) is 3.27. The van der Waals surface area contributed by atoms with Crippen LogP contribution in [-0.4, -0.2) is 9.55 Å². The first-order chi connectivity index (χ1) is 23.8. The van der Waals surface area contributed by atoms with Crippen molar-refractivity contribution in [2.45, 2.75) is 25.2 Å². The Labute approximate surface area is 277 Å². The summed E-state index contributed by atoms with van der Waals surface area (Å²) < 4.78 is 9.32. The Kier molecular flexibility index (Phi) is 5.34. The maximum Gasteiger partial charge on any atom is 0.228 e. The molecule has 0 N–H and O–H groups in total. The molecule has 0 bridgehead atoms. The summed E-state index contributed by atoms with van der Waals surface area (Å²) in [7, 11) is 0. The molecule has 2 aliphatic rings. The largest absolute Gasteiger partial charge is 0.435 e. The van der Waals surface area contributed by atoms with E-state index in [9.17, 15) is 0 Å². The first kappa shape index (κ1) is 26.2. The second-order valence-corrected chi connectivity index (χ2v) is 13.4. The standard InChI is InChI=1S/C45H30N2O/c1-2-11-27(12-3-1)28-21-23-41-37(25-28)33-17-8-9-20-39(33)47(41)40-24-22-36-42-34(40)18-10-19-35(42)43-44(36)48-45(46-43)38-26-29-13-4-5-14-30(29)31-15-6-7-16-32(31)38/h1-20,22,24,26,28H,21,23,25H2. The molecule has 0 fully saturated rings. The van der Waals surface area contributed by atoms with Crippen LogP contribution in [0.2, 0.25) is 0 Å². The van der Waals surface area contributed by atoms with E-state index < -0.39 is 0 Å². The molecule has 2 aliphatic carbocycles. The summed E-state index contributed by atoms with van der Waals surface area (Å²) >= 11 is 0. The molecule has 9 aromatic rings. The third-order valence-electron chi connectivity index (χ3n) is 10.9. The van der Waals surface area contributed by atoms with Crippen LogP contribution >= 0.6 is 0 Å². The van der Waals surface area contributed by atoms with Crippen LogP contribution in [0.5, 0.6) is 0 Å². The summed E-state index contributed by atoms with van der Waals surface area (Å²) in [6, 6.07) is 50.6. The number of benzene rings is 7. The molecule has 2 aromatic heterocycles. The molecule has 0 aliphatic heterocycles. The highest BCUT2D eigenvalue weighted by Gasteiger charge is 2.32. The highest BCUT2D eigenvalue weighted by molar-refractivity contribution is 6.17. The van der Waals surface area contributed by atoms with Crippen molar-refractivity contribution in [1.29, 1.82) is 0 Å². The van der Waals surface area contributed by atoms with E-state index in [1.807, 2.05) is 0 Å². The first-order valence-electron chi connectivity index (χ1n) is 17.0. The van der Waals surface area contributed by atoms with Crippen molar-refractivity contribution in [2.24, 2.45) is 0 Å². The van der Waals surface area contributed by atoms with Gasteiger partial charge in [0, 0.05) is 38.5 Å². The molecule has 0 spiro atoms. The number of oxazole rings is 1. The summed E-state index contributed by atoms with van der Waals surface area (Å²) in [6.45, 7) is 0. The van der Waals surface area contributed by atoms with Crippen molar-refractivity contribution in [3.8, 4) is 39.7 Å². The van der Waals surface area contributed by atoms with Crippen LogP contribution in [0.25, 0.3) is 82.9 Å². The van der Waals surface area contributed by atoms with Crippen LogP contribution in [-0.2, 0) is 12.8 Å². The first-order valence-corrected chi connectivity index (χ1v) is 17.0. The zero-order valence-corrected chi connectivity index (χ0v) is 26.3. The monoisotopic (exact) mass is 614 g/mol. The molecule has 0 amide bonds. The molecule has 11 rings (SSSR count). The van der Waals surface area contributed by atoms with Crippen molar-refractivity contribution in [3.05, 3.63) is 156 Å². The fraction of sp³-hybridized carbons (Fsp3) is 0.0889. The van der Waals surface area contributed by atoms with Gasteiger partial charge in [-0.3, -0.25) is 0 Å². The van der Waals surface area contributed by atoms with E-state index >= 15 is 0 Å². The minimum atomic E-state index is 0.543. The maximum atomic E-state index is 6.77. The zero-order chi connectivity index (χ0) is 31.3. The van der Waals surface area contributed by atoms with Crippen LogP contribution in [0.1, 0.15) is 29.2 Å². The van der Waals surface area contributed by atoms with Gasteiger partial charge in [-0.15, -0.1) is 0 Å². The van der Waals surface area contributed by atoms with Crippen molar-refractivity contribution >= 4 is 43.2 Å². The van der Waals surface area contributed by atoms with Gasteiger partial charge in [0.2, 0.25) is 5.89 Å². The lowest BCUT2D eigenvalue weighted by Crippen LogP contribution is -2.14. The van der Waals surface area contributed by atoms with Gasteiger partial charge in [-0.25, -0.2) is 4.98 Å². The van der Waals surface area contributed by atoms with Gasteiger partial charge in [-0.2, -0.15) is 0 Å². The van der Waals surface area contributed by atoms with Crippen molar-refractivity contribution < 1.29 is 4.42 Å². The molecule has 226 valence electrons. The normalized spacial score (nSPS) is 15.0. The van der Waals surface area contributed by atoms with E-state index in [1.165, 1.54) is 60.3 Å². The summed E-state index contributed by atoms with van der Waals surface area (Å²) in [4.78, 5) is 5.23. The van der Waals surface area contributed by atoms with E-state index in [2.05, 4.69) is 144 Å². The molecule has 3 nitrogen and oxygen atoms in total. The van der Waals surface area contributed by atoms with Gasteiger partial charge < -0.3 is 8.98 Å². The van der Waals surface area contributed by atoms with Crippen LogP contribution in [0.4, 0.5) is 0 Å². The van der Waals surface area contributed by atoms with Gasteiger partial charge >= 0.3 is 0 Å². The Morgan fingerprint density at radius 1 is 0.604 bits per heavy atom. The number of para-hydroxylation sites is 1. The zero-order valence-electron chi connectivity index (χ0n) is 26.3. The SMILES string of the molecule is c1ccc(C2CCc3c(c4ccccc4n3-c3ccc4c5c(cccc35)-c3nc(-c5cc6ccccc6c6ccccc56)oc3-4)C2)cc1. The summed E-state index contributed by atoms with van der Waals surface area (Å²) in [5, 5.41) is 8.65. The number of fused-ring (bicyclic) bond motifs is 9. The van der Waals surface area contributed by atoms with Crippen LogP contribution in [0, 0.1) is 0 Å². The van der Waals surface area contributed by atoms with E-state index in [0.717, 1.165) is 52.8 Å². The van der Waals surface area contributed by atoms with Gasteiger partial charge in [0.05, 0.1) is 11.2 Å². The number of hydrogen-bond acceptors (Lipinski definition) is 2. The number of hydrogen-bond donors (Lipinski definition) is 0. The molecule has 2 heterocycles. The Bertz CT molecular complexity index is 2740. The van der Waals surface area contributed by atoms with Gasteiger partial charge in [0.25, 0.3) is 0 Å². The quantitative estimate of drug-likeness (QED) is 0.185. The van der Waals surface area contributed by atoms with Crippen molar-refractivity contribution in [1.82, 2.24) is 9.55 Å². The number of nitrogens with zero attached hydrogens (tertiary/aromatic N) is 2. The molecule has 1 atom stereocenters. The molecule has 0 saturated carbocycles. The Morgan fingerprint density at radius 2 is 1.35 bits per heavy atom. The van der Waals surface area contributed by atoms with E-state index in [4.69, 9.17) is 9.40 Å². The van der Waals surface area contributed by atoms with Crippen molar-refractivity contribution in [2.75, 3.05) is 0 Å². The Balaban J connectivity index is 1.08. The van der Waals surface area contributed by atoms with Gasteiger partial charge in [0.15, 0.2) is 5.76 Å². The number of aromatic nitrogens is 2. The lowest BCUT2D eigenvalue weighted by atomic mass is 9.82. The molecule has 3 heteroatoms. The Morgan fingerprint density at radius 3 is 2.25 bits per heavy atom.